The first kappa shape index (κ1) is 14.5. The Hall–Kier alpha value is -2.41. The summed E-state index contributed by atoms with van der Waals surface area (Å²) in [5.74, 6) is -1.48. The maximum Gasteiger partial charge on any atom is 0.321 e. The number of para-hydroxylation sites is 2. The van der Waals surface area contributed by atoms with E-state index < -0.39 is 30.1 Å². The van der Waals surface area contributed by atoms with Gasteiger partial charge in [-0.3, -0.25) is 14.9 Å². The highest BCUT2D eigenvalue weighted by atomic mass is 16.6. The number of aliphatic carboxylic acids is 1. The number of carbonyl (C=O) groups is 2. The van der Waals surface area contributed by atoms with Crippen LogP contribution in [0.4, 0.5) is 0 Å². The van der Waals surface area contributed by atoms with Crippen LogP contribution in [0.5, 0.6) is 0 Å². The molecule has 1 aliphatic heterocycles. The van der Waals surface area contributed by atoms with Crippen molar-refractivity contribution in [2.24, 2.45) is 0 Å². The highest BCUT2D eigenvalue weighted by Crippen LogP contribution is 2.32. The fourth-order valence-electron chi connectivity index (χ4n) is 2.75. The summed E-state index contributed by atoms with van der Waals surface area (Å²) >= 11 is 0. The Morgan fingerprint density at radius 3 is 2.82 bits per heavy atom. The standard InChI is InChI=1S/C15H16N2O5/c1-8(18)21-12-7-6-9(13(17-12)15(19)20)14-16-10-4-2-3-5-11(10)22-14/h2-5,9,12-13,17H,6-7H2,1H3,(H,19,20)/t9?,12?,13-/m0/s1. The fourth-order valence-corrected chi connectivity index (χ4v) is 2.75. The van der Waals surface area contributed by atoms with E-state index in [1.54, 1.807) is 6.07 Å². The van der Waals surface area contributed by atoms with Gasteiger partial charge in [-0.25, -0.2) is 4.98 Å². The minimum Gasteiger partial charge on any atom is -0.480 e. The van der Waals surface area contributed by atoms with Gasteiger partial charge in [0.15, 0.2) is 11.8 Å². The number of hydrogen-bond donors (Lipinski definition) is 2. The molecular formula is C15H16N2O5. The zero-order valence-corrected chi connectivity index (χ0v) is 12.0. The van der Waals surface area contributed by atoms with Crippen LogP contribution in [0.2, 0.25) is 0 Å². The van der Waals surface area contributed by atoms with Crippen LogP contribution in [0.1, 0.15) is 31.6 Å². The van der Waals surface area contributed by atoms with Crippen molar-refractivity contribution in [3.8, 4) is 0 Å². The molecule has 0 aliphatic carbocycles. The molecule has 1 aliphatic rings. The molecule has 2 unspecified atom stereocenters. The number of carbonyl (C=O) groups excluding carboxylic acids is 1. The van der Waals surface area contributed by atoms with E-state index in [-0.39, 0.29) is 0 Å². The molecule has 3 rings (SSSR count). The number of rotatable bonds is 3. The molecule has 2 aromatic rings. The lowest BCUT2D eigenvalue weighted by atomic mass is 9.90. The van der Waals surface area contributed by atoms with E-state index in [0.717, 1.165) is 0 Å². The lowest BCUT2D eigenvalue weighted by molar-refractivity contribution is -0.155. The molecule has 0 amide bonds. The molecule has 7 heteroatoms. The van der Waals surface area contributed by atoms with Gasteiger partial charge in [0.1, 0.15) is 11.6 Å². The highest BCUT2D eigenvalue weighted by molar-refractivity contribution is 5.76. The third kappa shape index (κ3) is 2.80. The molecule has 0 spiro atoms. The van der Waals surface area contributed by atoms with E-state index in [4.69, 9.17) is 9.15 Å². The summed E-state index contributed by atoms with van der Waals surface area (Å²) in [6.07, 6.45) is 0.417. The average Bonchev–Trinajstić information content (AvgIpc) is 2.90. The third-order valence-corrected chi connectivity index (χ3v) is 3.71. The molecule has 0 saturated carbocycles. The zero-order valence-electron chi connectivity index (χ0n) is 12.0. The normalized spacial score (nSPS) is 25.0. The van der Waals surface area contributed by atoms with Gasteiger partial charge >= 0.3 is 11.9 Å². The van der Waals surface area contributed by atoms with Crippen LogP contribution >= 0.6 is 0 Å². The summed E-state index contributed by atoms with van der Waals surface area (Å²) in [6.45, 7) is 1.30. The van der Waals surface area contributed by atoms with Crippen LogP contribution in [0, 0.1) is 0 Å². The van der Waals surface area contributed by atoms with Crippen LogP contribution in [0.25, 0.3) is 11.1 Å². The fraction of sp³-hybridized carbons (Fsp3) is 0.400. The number of piperidine rings is 1. The van der Waals surface area contributed by atoms with Crippen LogP contribution in [-0.2, 0) is 14.3 Å². The summed E-state index contributed by atoms with van der Waals surface area (Å²) in [6, 6.07) is 6.38. The zero-order chi connectivity index (χ0) is 15.7. The summed E-state index contributed by atoms with van der Waals surface area (Å²) in [7, 11) is 0. The number of hydrogen-bond acceptors (Lipinski definition) is 6. The predicted molar refractivity (Wildman–Crippen MR) is 76.1 cm³/mol. The van der Waals surface area contributed by atoms with E-state index in [0.29, 0.717) is 29.8 Å². The number of aromatic nitrogens is 1. The van der Waals surface area contributed by atoms with Gasteiger partial charge in [0.2, 0.25) is 5.89 Å². The molecular weight excluding hydrogens is 288 g/mol. The predicted octanol–water partition coefficient (Wildman–Crippen LogP) is 1.64. The first-order valence-electron chi connectivity index (χ1n) is 7.06. The highest BCUT2D eigenvalue weighted by Gasteiger charge is 2.39. The van der Waals surface area contributed by atoms with Gasteiger partial charge in [-0.15, -0.1) is 0 Å². The Balaban J connectivity index is 1.85. The van der Waals surface area contributed by atoms with E-state index in [2.05, 4.69) is 10.3 Å². The molecule has 0 radical (unpaired) electrons. The number of nitrogens with zero attached hydrogens (tertiary/aromatic N) is 1. The number of fused-ring (bicyclic) bond motifs is 1. The Labute approximate surface area is 126 Å². The van der Waals surface area contributed by atoms with Gasteiger partial charge in [0, 0.05) is 6.92 Å². The van der Waals surface area contributed by atoms with Gasteiger partial charge in [-0.2, -0.15) is 0 Å². The van der Waals surface area contributed by atoms with Crippen LogP contribution in [0.15, 0.2) is 28.7 Å². The summed E-state index contributed by atoms with van der Waals surface area (Å²) in [4.78, 5) is 26.9. The SMILES string of the molecule is CC(=O)OC1CCC(c2nc3ccccc3o2)[C@@H](C(=O)O)N1. The number of ether oxygens (including phenoxy) is 1. The van der Waals surface area contributed by atoms with Crippen molar-refractivity contribution < 1.29 is 23.8 Å². The van der Waals surface area contributed by atoms with Gasteiger partial charge in [-0.05, 0) is 25.0 Å². The first-order chi connectivity index (χ1) is 10.5. The molecule has 116 valence electrons. The van der Waals surface area contributed by atoms with Crippen molar-refractivity contribution in [3.05, 3.63) is 30.2 Å². The number of carboxylic acid groups (broad SMARTS) is 1. The second-order valence-electron chi connectivity index (χ2n) is 5.28. The smallest absolute Gasteiger partial charge is 0.321 e. The quantitative estimate of drug-likeness (QED) is 0.831. The molecule has 22 heavy (non-hydrogen) atoms. The number of nitrogens with one attached hydrogen (secondary N) is 1. The minimum absolute atomic E-state index is 0.391. The van der Waals surface area contributed by atoms with Gasteiger partial charge in [-0.1, -0.05) is 12.1 Å². The Kier molecular flexibility index (Phi) is 3.81. The molecule has 1 saturated heterocycles. The second kappa shape index (κ2) is 5.76. The van der Waals surface area contributed by atoms with Gasteiger partial charge in [0.25, 0.3) is 0 Å². The number of oxazole rings is 1. The van der Waals surface area contributed by atoms with Gasteiger partial charge in [0.05, 0.1) is 5.92 Å². The van der Waals surface area contributed by atoms with Crippen molar-refractivity contribution in [2.45, 2.75) is 38.0 Å². The van der Waals surface area contributed by atoms with E-state index in [1.807, 2.05) is 18.2 Å². The van der Waals surface area contributed by atoms with E-state index in [1.165, 1.54) is 6.92 Å². The average molecular weight is 304 g/mol. The summed E-state index contributed by atoms with van der Waals surface area (Å²) in [5.41, 5.74) is 1.33. The topological polar surface area (TPSA) is 102 Å². The Morgan fingerprint density at radius 1 is 1.36 bits per heavy atom. The maximum absolute atomic E-state index is 11.5. The summed E-state index contributed by atoms with van der Waals surface area (Å²) < 4.78 is 10.7. The molecule has 1 aromatic heterocycles. The maximum atomic E-state index is 11.5. The molecule has 1 aromatic carbocycles. The monoisotopic (exact) mass is 304 g/mol. The molecule has 3 atom stereocenters. The van der Waals surface area contributed by atoms with Crippen molar-refractivity contribution in [1.29, 1.82) is 0 Å². The van der Waals surface area contributed by atoms with Crippen molar-refractivity contribution in [2.75, 3.05) is 0 Å². The lowest BCUT2D eigenvalue weighted by Crippen LogP contribution is -2.52. The largest absolute Gasteiger partial charge is 0.480 e. The van der Waals surface area contributed by atoms with Crippen LogP contribution < -0.4 is 5.32 Å². The van der Waals surface area contributed by atoms with Crippen LogP contribution in [-0.4, -0.2) is 34.3 Å². The Morgan fingerprint density at radius 2 is 2.14 bits per heavy atom. The molecule has 1 fully saturated rings. The second-order valence-corrected chi connectivity index (χ2v) is 5.28. The number of benzene rings is 1. The van der Waals surface area contributed by atoms with Crippen molar-refractivity contribution in [1.82, 2.24) is 10.3 Å². The van der Waals surface area contributed by atoms with Crippen LogP contribution in [0.3, 0.4) is 0 Å². The molecule has 0 bridgehead atoms. The summed E-state index contributed by atoms with van der Waals surface area (Å²) in [5, 5.41) is 12.3. The van der Waals surface area contributed by atoms with E-state index in [9.17, 15) is 14.7 Å². The molecule has 2 N–H and O–H groups in total. The Bertz CT molecular complexity index is 678. The molecule has 2 heterocycles. The first-order valence-corrected chi connectivity index (χ1v) is 7.06. The van der Waals surface area contributed by atoms with Crippen molar-refractivity contribution in [3.63, 3.8) is 0 Å². The number of carboxylic acids is 1. The van der Waals surface area contributed by atoms with E-state index >= 15 is 0 Å². The van der Waals surface area contributed by atoms with Gasteiger partial charge < -0.3 is 14.3 Å². The minimum atomic E-state index is -1.02. The van der Waals surface area contributed by atoms with Crippen molar-refractivity contribution >= 4 is 23.0 Å². The molecule has 7 nitrogen and oxygen atoms in total. The third-order valence-electron chi connectivity index (χ3n) is 3.71. The lowest BCUT2D eigenvalue weighted by Gasteiger charge is -2.32. The number of esters is 1.